The van der Waals surface area contributed by atoms with E-state index in [0.717, 1.165) is 0 Å². The molecule has 24 heavy (non-hydrogen) atoms. The Balaban J connectivity index is 1.96. The highest BCUT2D eigenvalue weighted by Crippen LogP contribution is 2.24. The molecule has 0 radical (unpaired) electrons. The van der Waals surface area contributed by atoms with Gasteiger partial charge in [0.05, 0.1) is 10.4 Å². The number of pyridine rings is 1. The average molecular weight is 342 g/mol. The summed E-state index contributed by atoms with van der Waals surface area (Å²) in [4.78, 5) is 27.5. The Hall–Kier alpha value is -2.87. The van der Waals surface area contributed by atoms with E-state index in [0.29, 0.717) is 21.9 Å². The summed E-state index contributed by atoms with van der Waals surface area (Å²) < 4.78 is 1.83. The van der Waals surface area contributed by atoms with Crippen LogP contribution in [0.3, 0.4) is 0 Å². The van der Waals surface area contributed by atoms with Crippen molar-refractivity contribution in [3.63, 3.8) is 0 Å². The van der Waals surface area contributed by atoms with Gasteiger partial charge in [-0.15, -0.1) is 0 Å². The summed E-state index contributed by atoms with van der Waals surface area (Å²) in [5, 5.41) is 14.4. The number of hydrogen-bond donors (Lipinski definition) is 1. The van der Waals surface area contributed by atoms with Gasteiger partial charge >= 0.3 is 0 Å². The second kappa shape index (κ2) is 6.32. The van der Waals surface area contributed by atoms with Gasteiger partial charge in [-0.1, -0.05) is 23.9 Å². The van der Waals surface area contributed by atoms with Gasteiger partial charge < -0.3 is 5.32 Å². The number of thioether (sulfide) groups is 1. The number of nitro groups is 1. The highest BCUT2D eigenvalue weighted by molar-refractivity contribution is 7.98. The maximum atomic E-state index is 12.6. The molecule has 1 aromatic carbocycles. The van der Waals surface area contributed by atoms with E-state index in [1.807, 2.05) is 29.0 Å². The lowest BCUT2D eigenvalue weighted by atomic mass is 10.2. The SMILES string of the molecule is CSc1nc(C(=O)Nc2ccc(C)c([N+](=O)[O-])c2)c2ccccn12. The molecular formula is C16H14N4O3S. The molecule has 0 aliphatic rings. The van der Waals surface area contributed by atoms with Gasteiger partial charge in [0.25, 0.3) is 11.6 Å². The zero-order valence-corrected chi connectivity index (χ0v) is 13.8. The summed E-state index contributed by atoms with van der Waals surface area (Å²) >= 11 is 1.43. The van der Waals surface area contributed by atoms with Gasteiger partial charge in [-0.3, -0.25) is 19.3 Å². The number of nitrogens with zero attached hydrogens (tertiary/aromatic N) is 3. The summed E-state index contributed by atoms with van der Waals surface area (Å²) in [5.74, 6) is -0.405. The number of rotatable bonds is 4. The van der Waals surface area contributed by atoms with Gasteiger partial charge in [0.2, 0.25) is 0 Å². The van der Waals surface area contributed by atoms with Crippen LogP contribution in [0.5, 0.6) is 0 Å². The van der Waals surface area contributed by atoms with Crippen molar-refractivity contribution in [3.8, 4) is 0 Å². The van der Waals surface area contributed by atoms with Crippen molar-refractivity contribution in [2.24, 2.45) is 0 Å². The van der Waals surface area contributed by atoms with Crippen molar-refractivity contribution in [2.45, 2.75) is 12.1 Å². The van der Waals surface area contributed by atoms with Crippen LogP contribution in [0, 0.1) is 17.0 Å². The Morgan fingerprint density at radius 2 is 2.12 bits per heavy atom. The standard InChI is InChI=1S/C16H14N4O3S/c1-10-6-7-11(9-13(10)20(22)23)17-15(21)14-12-5-3-4-8-19(12)16(18-14)24-2/h3-9H,1-2H3,(H,17,21). The van der Waals surface area contributed by atoms with Crippen LogP contribution in [0.15, 0.2) is 47.8 Å². The highest BCUT2D eigenvalue weighted by atomic mass is 32.2. The minimum atomic E-state index is -0.469. The molecule has 1 amide bonds. The molecule has 2 aromatic heterocycles. The molecule has 0 atom stereocenters. The number of benzene rings is 1. The third-order valence-electron chi connectivity index (χ3n) is 3.58. The maximum absolute atomic E-state index is 12.6. The monoisotopic (exact) mass is 342 g/mol. The van der Waals surface area contributed by atoms with E-state index in [1.54, 1.807) is 25.1 Å². The van der Waals surface area contributed by atoms with Crippen LogP contribution < -0.4 is 5.32 Å². The van der Waals surface area contributed by atoms with Gasteiger partial charge in [-0.25, -0.2) is 4.98 Å². The number of hydrogen-bond acceptors (Lipinski definition) is 5. The zero-order chi connectivity index (χ0) is 17.3. The number of aromatic nitrogens is 2. The number of imidazole rings is 1. The molecule has 7 nitrogen and oxygen atoms in total. The van der Waals surface area contributed by atoms with Crippen LogP contribution in [0.25, 0.3) is 5.52 Å². The molecule has 0 bridgehead atoms. The van der Waals surface area contributed by atoms with Crippen LogP contribution in [-0.4, -0.2) is 26.5 Å². The Kier molecular flexibility index (Phi) is 4.22. The zero-order valence-electron chi connectivity index (χ0n) is 13.0. The van der Waals surface area contributed by atoms with E-state index in [1.165, 1.54) is 17.8 Å². The molecule has 0 saturated carbocycles. The fourth-order valence-corrected chi connectivity index (χ4v) is 2.93. The first-order valence-electron chi connectivity index (χ1n) is 7.08. The van der Waals surface area contributed by atoms with Gasteiger partial charge in [0.15, 0.2) is 10.9 Å². The van der Waals surface area contributed by atoms with Crippen LogP contribution in [-0.2, 0) is 0 Å². The highest BCUT2D eigenvalue weighted by Gasteiger charge is 2.18. The van der Waals surface area contributed by atoms with Crippen molar-refractivity contribution < 1.29 is 9.72 Å². The molecule has 0 aliphatic heterocycles. The lowest BCUT2D eigenvalue weighted by Gasteiger charge is -2.05. The number of aryl methyl sites for hydroxylation is 1. The normalized spacial score (nSPS) is 10.8. The number of anilines is 1. The number of amides is 1. The predicted octanol–water partition coefficient (Wildman–Crippen LogP) is 3.53. The molecule has 1 N–H and O–H groups in total. The lowest BCUT2D eigenvalue weighted by molar-refractivity contribution is -0.385. The summed E-state index contributed by atoms with van der Waals surface area (Å²) in [6.45, 7) is 1.65. The maximum Gasteiger partial charge on any atom is 0.276 e. The number of nitrogens with one attached hydrogen (secondary N) is 1. The Bertz CT molecular complexity index is 952. The molecule has 0 aliphatic carbocycles. The third-order valence-corrected chi connectivity index (χ3v) is 4.23. The second-order valence-corrected chi connectivity index (χ2v) is 5.89. The van der Waals surface area contributed by atoms with Crippen LogP contribution >= 0.6 is 11.8 Å². The summed E-state index contributed by atoms with van der Waals surface area (Å²) in [6, 6.07) is 10.1. The fourth-order valence-electron chi connectivity index (χ4n) is 2.39. The van der Waals surface area contributed by atoms with Gasteiger partial charge in [0, 0.05) is 23.5 Å². The molecule has 3 rings (SSSR count). The van der Waals surface area contributed by atoms with E-state index in [-0.39, 0.29) is 11.4 Å². The quantitative estimate of drug-likeness (QED) is 0.445. The topological polar surface area (TPSA) is 89.5 Å². The predicted molar refractivity (Wildman–Crippen MR) is 92.8 cm³/mol. The Morgan fingerprint density at radius 1 is 1.33 bits per heavy atom. The van der Waals surface area contributed by atoms with Crippen molar-refractivity contribution in [1.29, 1.82) is 0 Å². The molecule has 8 heteroatoms. The number of fused-ring (bicyclic) bond motifs is 1. The van der Waals surface area contributed by atoms with E-state index in [2.05, 4.69) is 10.3 Å². The first-order valence-corrected chi connectivity index (χ1v) is 8.31. The van der Waals surface area contributed by atoms with Crippen molar-refractivity contribution in [3.05, 3.63) is 64.0 Å². The van der Waals surface area contributed by atoms with E-state index >= 15 is 0 Å². The molecule has 0 spiro atoms. The van der Waals surface area contributed by atoms with E-state index in [9.17, 15) is 14.9 Å². The fraction of sp³-hybridized carbons (Fsp3) is 0.125. The second-order valence-electron chi connectivity index (χ2n) is 5.12. The van der Waals surface area contributed by atoms with Crippen molar-refractivity contribution >= 4 is 34.6 Å². The molecule has 2 heterocycles. The number of nitro benzene ring substituents is 1. The summed E-state index contributed by atoms with van der Waals surface area (Å²) in [5.41, 5.74) is 1.83. The largest absolute Gasteiger partial charge is 0.320 e. The van der Waals surface area contributed by atoms with Gasteiger partial charge in [-0.05, 0) is 31.4 Å². The smallest absolute Gasteiger partial charge is 0.276 e. The molecule has 0 unspecified atom stereocenters. The van der Waals surface area contributed by atoms with Crippen LogP contribution in [0.4, 0.5) is 11.4 Å². The number of carbonyl (C=O) groups is 1. The minimum absolute atomic E-state index is 0.0349. The summed E-state index contributed by atoms with van der Waals surface area (Å²) in [6.07, 6.45) is 3.72. The number of carbonyl (C=O) groups excluding carboxylic acids is 1. The average Bonchev–Trinajstić information content (AvgIpc) is 2.95. The van der Waals surface area contributed by atoms with Crippen LogP contribution in [0.2, 0.25) is 0 Å². The third kappa shape index (κ3) is 2.83. The van der Waals surface area contributed by atoms with Crippen molar-refractivity contribution in [2.75, 3.05) is 11.6 Å². The van der Waals surface area contributed by atoms with Gasteiger partial charge in [0.1, 0.15) is 0 Å². The Morgan fingerprint density at radius 3 is 2.83 bits per heavy atom. The molecule has 0 saturated heterocycles. The van der Waals surface area contributed by atoms with Gasteiger partial charge in [-0.2, -0.15) is 0 Å². The van der Waals surface area contributed by atoms with E-state index < -0.39 is 10.8 Å². The minimum Gasteiger partial charge on any atom is -0.320 e. The Labute approximate surface area is 141 Å². The molecule has 0 fully saturated rings. The lowest BCUT2D eigenvalue weighted by Crippen LogP contribution is -2.13. The van der Waals surface area contributed by atoms with Crippen molar-refractivity contribution in [1.82, 2.24) is 9.38 Å². The molecule has 3 aromatic rings. The summed E-state index contributed by atoms with van der Waals surface area (Å²) in [7, 11) is 0. The van der Waals surface area contributed by atoms with E-state index in [4.69, 9.17) is 0 Å². The first kappa shape index (κ1) is 16.0. The first-order chi connectivity index (χ1) is 11.5. The molecular weight excluding hydrogens is 328 g/mol. The molecule has 122 valence electrons. The van der Waals surface area contributed by atoms with Crippen LogP contribution in [0.1, 0.15) is 16.1 Å².